The predicted octanol–water partition coefficient (Wildman–Crippen LogP) is 3.04. The number of hydrogen-bond acceptors (Lipinski definition) is 3. The zero-order valence-corrected chi connectivity index (χ0v) is 11.7. The second kappa shape index (κ2) is 5.27. The highest BCUT2D eigenvalue weighted by atomic mass is 16.4. The topological polar surface area (TPSA) is 52.9 Å². The molecule has 4 heteroatoms. The first-order chi connectivity index (χ1) is 9.72. The average molecular weight is 272 g/mol. The summed E-state index contributed by atoms with van der Waals surface area (Å²) in [5.74, 6) is 0.859. The van der Waals surface area contributed by atoms with E-state index in [1.807, 2.05) is 29.2 Å². The van der Waals surface area contributed by atoms with Gasteiger partial charge in [0.2, 0.25) is 5.91 Å². The van der Waals surface area contributed by atoms with Gasteiger partial charge in [0.1, 0.15) is 0 Å². The maximum Gasteiger partial charge on any atom is 0.230 e. The van der Waals surface area contributed by atoms with Gasteiger partial charge in [0.25, 0.3) is 0 Å². The van der Waals surface area contributed by atoms with Crippen molar-refractivity contribution in [3.8, 4) is 0 Å². The molecule has 2 atom stereocenters. The minimum atomic E-state index is 0.149. The number of hydrogen-bond donors (Lipinski definition) is 1. The first-order valence-electron chi connectivity index (χ1n) is 7.34. The molecule has 3 rings (SSSR count). The standard InChI is InChI=1S/C16H20N2O2/c1-11-5-4-7-12(11)16(19)18-10-9-14(17-20)13-6-2-3-8-15(13)18/h2-3,6,8,11-12,20H,4-5,7,9-10H2,1H3/b17-14-. The van der Waals surface area contributed by atoms with Crippen LogP contribution < -0.4 is 4.90 Å². The molecular weight excluding hydrogens is 252 g/mol. The van der Waals surface area contributed by atoms with Crippen molar-refractivity contribution in [2.24, 2.45) is 17.0 Å². The molecule has 1 saturated carbocycles. The summed E-state index contributed by atoms with van der Waals surface area (Å²) in [6, 6.07) is 7.70. The van der Waals surface area contributed by atoms with Gasteiger partial charge < -0.3 is 10.1 Å². The van der Waals surface area contributed by atoms with E-state index in [0.29, 0.717) is 24.6 Å². The minimum Gasteiger partial charge on any atom is -0.411 e. The predicted molar refractivity (Wildman–Crippen MR) is 78.2 cm³/mol. The van der Waals surface area contributed by atoms with Crippen LogP contribution in [0.1, 0.15) is 38.2 Å². The van der Waals surface area contributed by atoms with Crippen molar-refractivity contribution in [3.05, 3.63) is 29.8 Å². The van der Waals surface area contributed by atoms with Gasteiger partial charge in [0, 0.05) is 24.4 Å². The molecule has 20 heavy (non-hydrogen) atoms. The second-order valence-corrected chi connectivity index (χ2v) is 5.82. The number of fused-ring (bicyclic) bond motifs is 1. The Kier molecular flexibility index (Phi) is 3.47. The van der Waals surface area contributed by atoms with Gasteiger partial charge in [-0.2, -0.15) is 0 Å². The molecule has 2 aliphatic rings. The fraction of sp³-hybridized carbons (Fsp3) is 0.500. The summed E-state index contributed by atoms with van der Waals surface area (Å²) in [5, 5.41) is 12.5. The summed E-state index contributed by atoms with van der Waals surface area (Å²) in [4.78, 5) is 14.7. The zero-order chi connectivity index (χ0) is 14.1. The van der Waals surface area contributed by atoms with Gasteiger partial charge in [-0.3, -0.25) is 4.79 Å². The maximum absolute atomic E-state index is 12.8. The number of oxime groups is 1. The molecular formula is C16H20N2O2. The van der Waals surface area contributed by atoms with E-state index in [9.17, 15) is 4.79 Å². The number of benzene rings is 1. The molecule has 2 unspecified atom stereocenters. The van der Waals surface area contributed by atoms with Gasteiger partial charge in [-0.25, -0.2) is 0 Å². The van der Waals surface area contributed by atoms with Gasteiger partial charge in [0.05, 0.1) is 11.4 Å². The van der Waals surface area contributed by atoms with Gasteiger partial charge in [-0.05, 0) is 24.8 Å². The number of amides is 1. The highest BCUT2D eigenvalue weighted by molar-refractivity contribution is 6.11. The lowest BCUT2D eigenvalue weighted by Crippen LogP contribution is -2.41. The van der Waals surface area contributed by atoms with E-state index in [-0.39, 0.29) is 11.8 Å². The lowest BCUT2D eigenvalue weighted by Gasteiger charge is -2.32. The monoisotopic (exact) mass is 272 g/mol. The molecule has 1 fully saturated rings. The number of carbonyl (C=O) groups excluding carboxylic acids is 1. The van der Waals surface area contributed by atoms with Crippen molar-refractivity contribution in [2.45, 2.75) is 32.6 Å². The molecule has 0 saturated heterocycles. The first kappa shape index (κ1) is 13.2. The normalized spacial score (nSPS) is 27.6. The average Bonchev–Trinajstić information content (AvgIpc) is 2.91. The van der Waals surface area contributed by atoms with Crippen LogP contribution in [0, 0.1) is 11.8 Å². The molecule has 0 spiro atoms. The van der Waals surface area contributed by atoms with Gasteiger partial charge in [-0.15, -0.1) is 0 Å². The van der Waals surface area contributed by atoms with E-state index >= 15 is 0 Å². The fourth-order valence-corrected chi connectivity index (χ4v) is 3.47. The summed E-state index contributed by atoms with van der Waals surface area (Å²) in [7, 11) is 0. The highest BCUT2D eigenvalue weighted by Gasteiger charge is 2.35. The Morgan fingerprint density at radius 3 is 2.85 bits per heavy atom. The molecule has 1 aromatic rings. The number of rotatable bonds is 1. The van der Waals surface area contributed by atoms with Gasteiger partial charge in [-0.1, -0.05) is 36.7 Å². The Morgan fingerprint density at radius 1 is 1.35 bits per heavy atom. The smallest absolute Gasteiger partial charge is 0.230 e. The van der Waals surface area contributed by atoms with Crippen LogP contribution in [0.5, 0.6) is 0 Å². The molecule has 1 aliphatic heterocycles. The molecule has 0 aromatic heterocycles. The van der Waals surface area contributed by atoms with Crippen molar-refractivity contribution in [1.82, 2.24) is 0 Å². The molecule has 0 radical (unpaired) electrons. The number of para-hydroxylation sites is 1. The van der Waals surface area contributed by atoms with E-state index < -0.39 is 0 Å². The molecule has 1 amide bonds. The Labute approximate surface area is 119 Å². The third-order valence-electron chi connectivity index (χ3n) is 4.64. The number of anilines is 1. The van der Waals surface area contributed by atoms with E-state index in [1.165, 1.54) is 0 Å². The van der Waals surface area contributed by atoms with Crippen LogP contribution in [0.3, 0.4) is 0 Å². The van der Waals surface area contributed by atoms with Crippen molar-refractivity contribution >= 4 is 17.3 Å². The largest absolute Gasteiger partial charge is 0.411 e. The lowest BCUT2D eigenvalue weighted by atomic mass is 9.93. The summed E-state index contributed by atoms with van der Waals surface area (Å²) in [5.41, 5.74) is 2.43. The lowest BCUT2D eigenvalue weighted by molar-refractivity contribution is -0.123. The first-order valence-corrected chi connectivity index (χ1v) is 7.34. The Hall–Kier alpha value is -1.84. The molecule has 4 nitrogen and oxygen atoms in total. The number of nitrogens with zero attached hydrogens (tertiary/aromatic N) is 2. The molecule has 1 N–H and O–H groups in total. The van der Waals surface area contributed by atoms with Crippen molar-refractivity contribution in [1.29, 1.82) is 0 Å². The van der Waals surface area contributed by atoms with Crippen LogP contribution in [0.4, 0.5) is 5.69 Å². The highest BCUT2D eigenvalue weighted by Crippen LogP contribution is 2.36. The van der Waals surface area contributed by atoms with Crippen molar-refractivity contribution in [3.63, 3.8) is 0 Å². The van der Waals surface area contributed by atoms with Gasteiger partial charge >= 0.3 is 0 Å². The fourth-order valence-electron chi connectivity index (χ4n) is 3.47. The molecule has 106 valence electrons. The summed E-state index contributed by atoms with van der Waals surface area (Å²) < 4.78 is 0. The maximum atomic E-state index is 12.8. The summed E-state index contributed by atoms with van der Waals surface area (Å²) in [6.07, 6.45) is 3.91. The Bertz CT molecular complexity index is 553. The van der Waals surface area contributed by atoms with Crippen LogP contribution >= 0.6 is 0 Å². The van der Waals surface area contributed by atoms with E-state index in [4.69, 9.17) is 5.21 Å². The third kappa shape index (κ3) is 2.09. The Balaban J connectivity index is 1.94. The van der Waals surface area contributed by atoms with Crippen LogP contribution in [0.15, 0.2) is 29.4 Å². The summed E-state index contributed by atoms with van der Waals surface area (Å²) in [6.45, 7) is 2.78. The molecule has 1 heterocycles. The van der Waals surface area contributed by atoms with Crippen LogP contribution in [0.25, 0.3) is 0 Å². The van der Waals surface area contributed by atoms with Gasteiger partial charge in [0.15, 0.2) is 0 Å². The van der Waals surface area contributed by atoms with E-state index in [1.54, 1.807) is 0 Å². The van der Waals surface area contributed by atoms with Crippen LogP contribution in [-0.4, -0.2) is 23.4 Å². The quantitative estimate of drug-likeness (QED) is 0.631. The number of carbonyl (C=O) groups is 1. The van der Waals surface area contributed by atoms with E-state index in [2.05, 4.69) is 12.1 Å². The van der Waals surface area contributed by atoms with Crippen LogP contribution in [0.2, 0.25) is 0 Å². The SMILES string of the molecule is CC1CCCC1C(=O)N1CC/C(=N/O)c2ccccc21. The molecule has 1 aliphatic carbocycles. The Morgan fingerprint density at radius 2 is 2.15 bits per heavy atom. The second-order valence-electron chi connectivity index (χ2n) is 5.82. The molecule has 0 bridgehead atoms. The zero-order valence-electron chi connectivity index (χ0n) is 11.7. The molecule has 1 aromatic carbocycles. The van der Waals surface area contributed by atoms with Crippen molar-refractivity contribution in [2.75, 3.05) is 11.4 Å². The summed E-state index contributed by atoms with van der Waals surface area (Å²) >= 11 is 0. The van der Waals surface area contributed by atoms with E-state index in [0.717, 1.165) is 30.5 Å². The minimum absolute atomic E-state index is 0.149. The van der Waals surface area contributed by atoms with Crippen LogP contribution in [-0.2, 0) is 4.79 Å². The van der Waals surface area contributed by atoms with Crippen molar-refractivity contribution < 1.29 is 10.0 Å². The third-order valence-corrected chi connectivity index (χ3v) is 4.64.